The predicted octanol–water partition coefficient (Wildman–Crippen LogP) is 9.86. The van der Waals surface area contributed by atoms with Crippen molar-refractivity contribution < 1.29 is 24.5 Å². The fourth-order valence-electron chi connectivity index (χ4n) is 6.90. The topological polar surface area (TPSA) is 76.0 Å². The maximum Gasteiger partial charge on any atom is 0.333 e. The lowest BCUT2D eigenvalue weighted by Gasteiger charge is -2.29. The zero-order valence-corrected chi connectivity index (χ0v) is 29.9. The molecule has 1 aliphatic carbocycles. The lowest BCUT2D eigenvalue weighted by atomic mass is 9.77. The number of hydrogen-bond donors (Lipinski definition) is 2. The second-order valence-electron chi connectivity index (χ2n) is 14.0. The van der Waals surface area contributed by atoms with Crippen LogP contribution in [0.5, 0.6) is 5.75 Å². The van der Waals surface area contributed by atoms with E-state index in [0.29, 0.717) is 36.5 Å². The number of aliphatic hydroxyl groups is 2. The normalized spacial score (nSPS) is 16.5. The van der Waals surface area contributed by atoms with Gasteiger partial charge in [-0.15, -0.1) is 0 Å². The fraction of sp³-hybridized carbons (Fsp3) is 0.512. The van der Waals surface area contributed by atoms with Gasteiger partial charge in [0.1, 0.15) is 5.75 Å². The Morgan fingerprint density at radius 1 is 0.854 bits per heavy atom. The Morgan fingerprint density at radius 2 is 1.52 bits per heavy atom. The molecule has 1 aliphatic rings. The molecule has 5 heteroatoms. The summed E-state index contributed by atoms with van der Waals surface area (Å²) in [4.78, 5) is 11.9. The molecule has 48 heavy (non-hydrogen) atoms. The van der Waals surface area contributed by atoms with Crippen LogP contribution >= 0.6 is 0 Å². The van der Waals surface area contributed by atoms with E-state index in [4.69, 9.17) is 9.47 Å². The van der Waals surface area contributed by atoms with Crippen LogP contribution < -0.4 is 4.74 Å². The summed E-state index contributed by atoms with van der Waals surface area (Å²) in [5.74, 6) is 1.95. The third-order valence-electron chi connectivity index (χ3n) is 10.5. The van der Waals surface area contributed by atoms with Crippen molar-refractivity contribution in [3.63, 3.8) is 0 Å². The van der Waals surface area contributed by atoms with E-state index in [1.807, 2.05) is 13.0 Å². The van der Waals surface area contributed by atoms with Crippen molar-refractivity contribution in [1.29, 1.82) is 0 Å². The van der Waals surface area contributed by atoms with Crippen molar-refractivity contribution in [3.8, 4) is 28.0 Å². The third-order valence-corrected chi connectivity index (χ3v) is 10.5. The number of rotatable bonds is 18. The smallest absolute Gasteiger partial charge is 0.333 e. The molecule has 4 rings (SSSR count). The number of aryl methyl sites for hydroxylation is 2. The molecule has 260 valence electrons. The van der Waals surface area contributed by atoms with Gasteiger partial charge in [-0.1, -0.05) is 95.1 Å². The Morgan fingerprint density at radius 3 is 2.15 bits per heavy atom. The van der Waals surface area contributed by atoms with Gasteiger partial charge in [-0.25, -0.2) is 4.79 Å². The van der Waals surface area contributed by atoms with E-state index < -0.39 is 5.41 Å². The highest BCUT2D eigenvalue weighted by molar-refractivity contribution is 5.86. The highest BCUT2D eigenvalue weighted by Crippen LogP contribution is 2.39. The minimum absolute atomic E-state index is 0.153. The molecule has 0 aromatic heterocycles. The summed E-state index contributed by atoms with van der Waals surface area (Å²) in [6.45, 7) is 11.9. The van der Waals surface area contributed by atoms with Crippen molar-refractivity contribution in [2.75, 3.05) is 26.4 Å². The highest BCUT2D eigenvalue weighted by Gasteiger charge is 2.28. The van der Waals surface area contributed by atoms with Crippen LogP contribution in [0.2, 0.25) is 0 Å². The summed E-state index contributed by atoms with van der Waals surface area (Å²) in [6, 6.07) is 22.3. The van der Waals surface area contributed by atoms with E-state index in [1.165, 1.54) is 72.8 Å². The minimum atomic E-state index is -0.704. The van der Waals surface area contributed by atoms with Crippen LogP contribution in [0.4, 0.5) is 0 Å². The quantitative estimate of drug-likeness (QED) is 0.0811. The lowest BCUT2D eigenvalue weighted by molar-refractivity contribution is -0.139. The van der Waals surface area contributed by atoms with E-state index in [2.05, 4.69) is 75.0 Å². The molecule has 0 unspecified atom stereocenters. The zero-order valence-electron chi connectivity index (χ0n) is 29.9. The minimum Gasteiger partial charge on any atom is -0.493 e. The van der Waals surface area contributed by atoms with E-state index in [-0.39, 0.29) is 32.4 Å². The van der Waals surface area contributed by atoms with Gasteiger partial charge in [-0.05, 0) is 121 Å². The van der Waals surface area contributed by atoms with Crippen molar-refractivity contribution in [2.45, 2.75) is 104 Å². The van der Waals surface area contributed by atoms with E-state index >= 15 is 0 Å². The summed E-state index contributed by atoms with van der Waals surface area (Å²) in [5, 5.41) is 19.9. The molecule has 0 saturated heterocycles. The Labute approximate surface area is 289 Å². The van der Waals surface area contributed by atoms with Gasteiger partial charge in [0.15, 0.2) is 0 Å². The summed E-state index contributed by atoms with van der Waals surface area (Å²) >= 11 is 0. The Kier molecular flexibility index (Phi) is 14.3. The van der Waals surface area contributed by atoms with Gasteiger partial charge < -0.3 is 19.7 Å². The highest BCUT2D eigenvalue weighted by atomic mass is 16.5. The zero-order chi connectivity index (χ0) is 34.5. The number of benzene rings is 3. The molecule has 0 radical (unpaired) electrons. The van der Waals surface area contributed by atoms with Crippen molar-refractivity contribution in [3.05, 3.63) is 89.5 Å². The molecule has 0 atom stereocenters. The van der Waals surface area contributed by atoms with Gasteiger partial charge in [0.05, 0.1) is 31.8 Å². The molecular weight excluding hydrogens is 596 g/mol. The largest absolute Gasteiger partial charge is 0.493 e. The fourth-order valence-corrected chi connectivity index (χ4v) is 6.90. The first-order valence-electron chi connectivity index (χ1n) is 18.3. The van der Waals surface area contributed by atoms with Crippen LogP contribution in [-0.4, -0.2) is 42.6 Å². The van der Waals surface area contributed by atoms with E-state index in [9.17, 15) is 15.0 Å². The molecule has 1 fully saturated rings. The number of carbonyl (C=O) groups excluding carboxylic acids is 1. The van der Waals surface area contributed by atoms with Crippen LogP contribution in [-0.2, 0) is 22.4 Å². The summed E-state index contributed by atoms with van der Waals surface area (Å²) in [6.07, 6.45) is 12.2. The number of unbranched alkanes of at least 4 members (excludes halogenated alkanes) is 1. The van der Waals surface area contributed by atoms with Crippen molar-refractivity contribution in [2.24, 2.45) is 11.3 Å². The third kappa shape index (κ3) is 9.83. The Bertz CT molecular complexity index is 1450. The molecular formula is C43H58O5. The van der Waals surface area contributed by atoms with Crippen LogP contribution in [0.1, 0.15) is 108 Å². The predicted molar refractivity (Wildman–Crippen MR) is 197 cm³/mol. The van der Waals surface area contributed by atoms with Gasteiger partial charge in [0, 0.05) is 5.57 Å². The molecule has 0 amide bonds. The van der Waals surface area contributed by atoms with E-state index in [0.717, 1.165) is 23.5 Å². The van der Waals surface area contributed by atoms with Crippen LogP contribution in [0.3, 0.4) is 0 Å². The molecule has 0 spiro atoms. The molecule has 5 nitrogen and oxygen atoms in total. The van der Waals surface area contributed by atoms with Crippen molar-refractivity contribution >= 4 is 5.97 Å². The maximum absolute atomic E-state index is 11.9. The van der Waals surface area contributed by atoms with Gasteiger partial charge in [-0.2, -0.15) is 0 Å². The number of carbonyl (C=O) groups is 1. The van der Waals surface area contributed by atoms with Crippen LogP contribution in [0, 0.1) is 11.3 Å². The molecule has 3 aromatic carbocycles. The first kappa shape index (κ1) is 37.4. The summed E-state index contributed by atoms with van der Waals surface area (Å²) in [5.41, 5.74) is 8.22. The maximum atomic E-state index is 11.9. The van der Waals surface area contributed by atoms with Gasteiger partial charge in [0.2, 0.25) is 0 Å². The SMILES string of the molecule is C=C(C)C(=O)OCCCc1cc(-c2ccc(-c3ccc(C4CCC(CCCC)CC4)cc3)cc2CC)ccc1OCC(CC)(CO)CO. The molecule has 0 heterocycles. The second kappa shape index (κ2) is 18.4. The number of aliphatic hydroxyl groups excluding tert-OH is 2. The van der Waals surface area contributed by atoms with Gasteiger partial charge in [0.25, 0.3) is 0 Å². The number of esters is 1. The monoisotopic (exact) mass is 654 g/mol. The Balaban J connectivity index is 1.52. The molecule has 2 N–H and O–H groups in total. The van der Waals surface area contributed by atoms with Crippen molar-refractivity contribution in [1.82, 2.24) is 0 Å². The van der Waals surface area contributed by atoms with Gasteiger partial charge in [-0.3, -0.25) is 0 Å². The standard InChI is InChI=1S/C43H58O5/c1-6-9-11-32-13-15-34(16-14-32)35-17-19-36(20-18-35)37-21-23-40(33(7-2)26-37)38-22-24-41(48-30-43(8-3,28-44)29-45)39(27-38)12-10-25-47-42(46)31(4)5/h17-24,26-27,32,34,44-45H,4,6-16,25,28-30H2,1-3,5H3. The molecule has 0 bridgehead atoms. The first-order valence-corrected chi connectivity index (χ1v) is 18.3. The number of ether oxygens (including phenoxy) is 2. The summed E-state index contributed by atoms with van der Waals surface area (Å²) in [7, 11) is 0. The Hall–Kier alpha value is -3.41. The average molecular weight is 655 g/mol. The van der Waals surface area contributed by atoms with Gasteiger partial charge >= 0.3 is 5.97 Å². The van der Waals surface area contributed by atoms with E-state index in [1.54, 1.807) is 6.92 Å². The molecule has 1 saturated carbocycles. The summed E-state index contributed by atoms with van der Waals surface area (Å²) < 4.78 is 11.6. The number of hydrogen-bond acceptors (Lipinski definition) is 5. The lowest BCUT2D eigenvalue weighted by Crippen LogP contribution is -2.35. The van der Waals surface area contributed by atoms with Crippen LogP contribution in [0.25, 0.3) is 22.3 Å². The van der Waals surface area contributed by atoms with Crippen LogP contribution in [0.15, 0.2) is 72.8 Å². The first-order chi connectivity index (χ1) is 23.3. The average Bonchev–Trinajstić information content (AvgIpc) is 3.13. The molecule has 3 aromatic rings. The molecule has 0 aliphatic heterocycles. The second-order valence-corrected chi connectivity index (χ2v) is 14.0.